The lowest BCUT2D eigenvalue weighted by Crippen LogP contribution is -2.24. The third kappa shape index (κ3) is 2.11. The average Bonchev–Trinajstić information content (AvgIpc) is 2.86. The maximum absolute atomic E-state index is 4.29. The van der Waals surface area contributed by atoms with E-state index >= 15 is 0 Å². The maximum Gasteiger partial charge on any atom is 0.165 e. The van der Waals surface area contributed by atoms with Gasteiger partial charge in [0.1, 0.15) is 0 Å². The zero-order valence-electron chi connectivity index (χ0n) is 11.7. The Labute approximate surface area is 117 Å². The molecular formula is C13H19N7. The number of tetrazole rings is 1. The van der Waals surface area contributed by atoms with Gasteiger partial charge >= 0.3 is 0 Å². The molecule has 1 atom stereocenters. The standard InChI is InChI=1S/C13H19N7/c1-18-8-10(7-14-18)12-3-2-6-19(12)9-13-15-16-17-20(13)11-4-5-11/h7-8,11-12H,2-6,9H2,1H3. The highest BCUT2D eigenvalue weighted by atomic mass is 15.6. The molecule has 1 unspecified atom stereocenters. The van der Waals surface area contributed by atoms with E-state index < -0.39 is 0 Å². The van der Waals surface area contributed by atoms with Gasteiger partial charge in [-0.1, -0.05) is 0 Å². The summed E-state index contributed by atoms with van der Waals surface area (Å²) in [5, 5.41) is 16.5. The molecule has 0 radical (unpaired) electrons. The van der Waals surface area contributed by atoms with Gasteiger partial charge in [-0.05, 0) is 42.7 Å². The molecule has 7 heteroatoms. The first-order valence-corrected chi connectivity index (χ1v) is 7.30. The summed E-state index contributed by atoms with van der Waals surface area (Å²) in [6.45, 7) is 1.94. The lowest BCUT2D eigenvalue weighted by molar-refractivity contribution is 0.237. The zero-order chi connectivity index (χ0) is 13.5. The summed E-state index contributed by atoms with van der Waals surface area (Å²) in [5.41, 5.74) is 1.30. The number of nitrogens with zero attached hydrogens (tertiary/aromatic N) is 7. The lowest BCUT2D eigenvalue weighted by Gasteiger charge is -2.22. The van der Waals surface area contributed by atoms with Gasteiger partial charge in [-0.3, -0.25) is 9.58 Å². The van der Waals surface area contributed by atoms with Crippen LogP contribution in [-0.4, -0.2) is 41.4 Å². The Balaban J connectivity index is 1.53. The van der Waals surface area contributed by atoms with Crippen LogP contribution in [0.25, 0.3) is 0 Å². The normalized spacial score (nSPS) is 23.6. The van der Waals surface area contributed by atoms with E-state index in [1.54, 1.807) is 0 Å². The number of hydrogen-bond donors (Lipinski definition) is 0. The van der Waals surface area contributed by atoms with Crippen molar-refractivity contribution in [2.24, 2.45) is 7.05 Å². The van der Waals surface area contributed by atoms with Crippen LogP contribution in [0.4, 0.5) is 0 Å². The summed E-state index contributed by atoms with van der Waals surface area (Å²) >= 11 is 0. The molecule has 7 nitrogen and oxygen atoms in total. The molecule has 1 saturated carbocycles. The number of aryl methyl sites for hydroxylation is 1. The van der Waals surface area contributed by atoms with Crippen molar-refractivity contribution < 1.29 is 0 Å². The average molecular weight is 273 g/mol. The van der Waals surface area contributed by atoms with E-state index in [1.807, 2.05) is 22.6 Å². The van der Waals surface area contributed by atoms with E-state index in [9.17, 15) is 0 Å². The second-order valence-corrected chi connectivity index (χ2v) is 5.85. The predicted molar refractivity (Wildman–Crippen MR) is 71.7 cm³/mol. The van der Waals surface area contributed by atoms with Crippen molar-refractivity contribution in [3.63, 3.8) is 0 Å². The van der Waals surface area contributed by atoms with Crippen molar-refractivity contribution in [2.45, 2.75) is 44.3 Å². The maximum atomic E-state index is 4.29. The molecule has 4 rings (SSSR count). The first-order valence-electron chi connectivity index (χ1n) is 7.30. The predicted octanol–water partition coefficient (Wildman–Crippen LogP) is 1.08. The van der Waals surface area contributed by atoms with E-state index in [0.29, 0.717) is 12.1 Å². The van der Waals surface area contributed by atoms with Crippen LogP contribution in [0.1, 0.15) is 49.2 Å². The zero-order valence-corrected chi connectivity index (χ0v) is 11.7. The summed E-state index contributed by atoms with van der Waals surface area (Å²) in [6, 6.07) is 0.993. The largest absolute Gasteiger partial charge is 0.289 e. The van der Waals surface area contributed by atoms with Gasteiger partial charge in [-0.2, -0.15) is 5.10 Å². The third-order valence-corrected chi connectivity index (χ3v) is 4.27. The van der Waals surface area contributed by atoms with Crippen molar-refractivity contribution in [1.29, 1.82) is 0 Å². The van der Waals surface area contributed by atoms with Crippen LogP contribution in [0.2, 0.25) is 0 Å². The van der Waals surface area contributed by atoms with Crippen molar-refractivity contribution in [3.8, 4) is 0 Å². The highest BCUT2D eigenvalue weighted by molar-refractivity contribution is 5.12. The van der Waals surface area contributed by atoms with Crippen molar-refractivity contribution in [2.75, 3.05) is 6.54 Å². The van der Waals surface area contributed by atoms with Crippen molar-refractivity contribution in [1.82, 2.24) is 34.9 Å². The molecule has 2 fully saturated rings. The smallest absolute Gasteiger partial charge is 0.165 e. The van der Waals surface area contributed by atoms with Crippen LogP contribution in [-0.2, 0) is 13.6 Å². The minimum atomic E-state index is 0.452. The van der Waals surface area contributed by atoms with Gasteiger partial charge in [0, 0.05) is 24.8 Å². The van der Waals surface area contributed by atoms with Crippen LogP contribution < -0.4 is 0 Å². The molecule has 2 aromatic rings. The first kappa shape index (κ1) is 12.0. The quantitative estimate of drug-likeness (QED) is 0.834. The van der Waals surface area contributed by atoms with Gasteiger partial charge in [0.15, 0.2) is 5.82 Å². The molecule has 106 valence electrons. The van der Waals surface area contributed by atoms with E-state index in [-0.39, 0.29) is 0 Å². The van der Waals surface area contributed by atoms with Gasteiger partial charge in [0.05, 0.1) is 18.8 Å². The van der Waals surface area contributed by atoms with Crippen LogP contribution >= 0.6 is 0 Å². The monoisotopic (exact) mass is 273 g/mol. The Kier molecular flexibility index (Phi) is 2.80. The number of likely N-dealkylation sites (tertiary alicyclic amines) is 1. The summed E-state index contributed by atoms with van der Waals surface area (Å²) in [7, 11) is 1.97. The van der Waals surface area contributed by atoms with Gasteiger partial charge in [0.25, 0.3) is 0 Å². The second-order valence-electron chi connectivity index (χ2n) is 5.85. The van der Waals surface area contributed by atoms with Crippen molar-refractivity contribution in [3.05, 3.63) is 23.8 Å². The molecule has 1 saturated heterocycles. The van der Waals surface area contributed by atoms with Crippen LogP contribution in [0.15, 0.2) is 12.4 Å². The van der Waals surface area contributed by atoms with E-state index in [4.69, 9.17) is 0 Å². The molecule has 20 heavy (non-hydrogen) atoms. The molecule has 0 aromatic carbocycles. The minimum Gasteiger partial charge on any atom is -0.289 e. The van der Waals surface area contributed by atoms with Crippen LogP contribution in [0.5, 0.6) is 0 Å². The Hall–Kier alpha value is -1.76. The molecule has 2 aromatic heterocycles. The first-order chi connectivity index (χ1) is 9.81. The molecule has 2 aliphatic rings. The van der Waals surface area contributed by atoms with Crippen molar-refractivity contribution >= 4 is 0 Å². The Morgan fingerprint density at radius 3 is 2.95 bits per heavy atom. The fourth-order valence-corrected chi connectivity index (χ4v) is 3.11. The number of aromatic nitrogens is 6. The topological polar surface area (TPSA) is 64.7 Å². The summed E-state index contributed by atoms with van der Waals surface area (Å²) < 4.78 is 3.89. The van der Waals surface area contributed by atoms with E-state index in [2.05, 4.69) is 31.7 Å². The minimum absolute atomic E-state index is 0.452. The second kappa shape index (κ2) is 4.66. The molecule has 0 bridgehead atoms. The number of hydrogen-bond acceptors (Lipinski definition) is 5. The summed E-state index contributed by atoms with van der Waals surface area (Å²) in [4.78, 5) is 2.47. The molecular weight excluding hydrogens is 254 g/mol. The highest BCUT2D eigenvalue weighted by Gasteiger charge is 2.31. The van der Waals surface area contributed by atoms with Gasteiger partial charge < -0.3 is 0 Å². The van der Waals surface area contributed by atoms with Gasteiger partial charge in [0.2, 0.25) is 0 Å². The SMILES string of the molecule is Cn1cc(C2CCCN2Cc2nnnn2C2CC2)cn1. The van der Waals surface area contributed by atoms with Gasteiger partial charge in [-0.15, -0.1) is 5.10 Å². The summed E-state index contributed by atoms with van der Waals surface area (Å²) in [6.07, 6.45) is 8.94. The fraction of sp³-hybridized carbons (Fsp3) is 0.692. The third-order valence-electron chi connectivity index (χ3n) is 4.27. The Morgan fingerprint density at radius 2 is 2.20 bits per heavy atom. The molecule has 0 N–H and O–H groups in total. The molecule has 1 aliphatic carbocycles. The molecule has 0 amide bonds. The lowest BCUT2D eigenvalue weighted by atomic mass is 10.1. The van der Waals surface area contributed by atoms with Crippen LogP contribution in [0.3, 0.4) is 0 Å². The Bertz CT molecular complexity index is 597. The molecule has 3 heterocycles. The van der Waals surface area contributed by atoms with Gasteiger partial charge in [-0.25, -0.2) is 4.68 Å². The fourth-order valence-electron chi connectivity index (χ4n) is 3.11. The van der Waals surface area contributed by atoms with E-state index in [0.717, 1.165) is 18.9 Å². The Morgan fingerprint density at radius 1 is 1.30 bits per heavy atom. The highest BCUT2D eigenvalue weighted by Crippen LogP contribution is 2.36. The number of rotatable bonds is 4. The van der Waals surface area contributed by atoms with Crippen LogP contribution in [0, 0.1) is 0 Å². The summed E-state index contributed by atoms with van der Waals surface area (Å²) in [5.74, 6) is 1.00. The molecule has 0 spiro atoms. The molecule has 1 aliphatic heterocycles. The van der Waals surface area contributed by atoms with E-state index in [1.165, 1.54) is 31.2 Å².